The van der Waals surface area contributed by atoms with Crippen LogP contribution in [0.4, 0.5) is 16.2 Å². The zero-order valence-corrected chi connectivity index (χ0v) is 11.9. The number of hydrogen-bond acceptors (Lipinski definition) is 2. The van der Waals surface area contributed by atoms with Crippen LogP contribution in [0.25, 0.3) is 0 Å². The average Bonchev–Trinajstić information content (AvgIpc) is 2.47. The Balaban J connectivity index is 2.01. The average molecular weight is 282 g/mol. The van der Waals surface area contributed by atoms with E-state index in [-0.39, 0.29) is 6.03 Å². The van der Waals surface area contributed by atoms with Crippen LogP contribution in [-0.4, -0.2) is 12.6 Å². The first kappa shape index (κ1) is 14.7. The molecule has 4 nitrogen and oxygen atoms in total. The Hall–Kier alpha value is -2.75. The Morgan fingerprint density at radius 2 is 1.71 bits per heavy atom. The molecule has 0 atom stereocenters. The molecule has 0 heterocycles. The molecule has 0 saturated heterocycles. The molecule has 108 valence electrons. The zero-order chi connectivity index (χ0) is 15.1. The van der Waals surface area contributed by atoms with Gasteiger partial charge < -0.3 is 15.4 Å². The lowest BCUT2D eigenvalue weighted by atomic mass is 10.3. The Morgan fingerprint density at radius 1 is 1.05 bits per heavy atom. The Morgan fingerprint density at radius 3 is 2.43 bits per heavy atom. The topological polar surface area (TPSA) is 50.4 Å². The first-order valence-electron chi connectivity index (χ1n) is 6.64. The van der Waals surface area contributed by atoms with Crippen molar-refractivity contribution < 1.29 is 9.53 Å². The molecule has 0 aliphatic heterocycles. The Labute approximate surface area is 124 Å². The standard InChI is InChI=1S/C17H18N2O2/c1-13(2)12-21-16-11-7-6-10-15(16)19-17(20)18-14-8-4-3-5-9-14/h3-11H,1,12H2,2H3,(H2,18,19,20). The minimum atomic E-state index is -0.312. The van der Waals surface area contributed by atoms with Gasteiger partial charge in [-0.2, -0.15) is 0 Å². The highest BCUT2D eigenvalue weighted by molar-refractivity contribution is 6.00. The molecule has 0 spiro atoms. The van der Waals surface area contributed by atoms with Gasteiger partial charge in [-0.25, -0.2) is 4.79 Å². The highest BCUT2D eigenvalue weighted by Gasteiger charge is 2.07. The van der Waals surface area contributed by atoms with E-state index >= 15 is 0 Å². The number of rotatable bonds is 5. The minimum Gasteiger partial charge on any atom is -0.487 e. The van der Waals surface area contributed by atoms with Crippen molar-refractivity contribution in [3.63, 3.8) is 0 Å². The predicted molar refractivity (Wildman–Crippen MR) is 85.8 cm³/mol. The normalized spacial score (nSPS) is 9.76. The molecule has 0 saturated carbocycles. The third-order valence-electron chi connectivity index (χ3n) is 2.64. The second-order valence-electron chi connectivity index (χ2n) is 4.69. The lowest BCUT2D eigenvalue weighted by Gasteiger charge is -2.13. The predicted octanol–water partition coefficient (Wildman–Crippen LogP) is 4.29. The maximum atomic E-state index is 12.0. The molecule has 2 N–H and O–H groups in total. The Kier molecular flexibility index (Phi) is 4.99. The van der Waals surface area contributed by atoms with Gasteiger partial charge in [-0.3, -0.25) is 0 Å². The van der Waals surface area contributed by atoms with Gasteiger partial charge in [0.05, 0.1) is 5.69 Å². The first-order valence-corrected chi connectivity index (χ1v) is 6.64. The third-order valence-corrected chi connectivity index (χ3v) is 2.64. The van der Waals surface area contributed by atoms with Crippen molar-refractivity contribution in [1.82, 2.24) is 0 Å². The molecule has 2 aromatic carbocycles. The molecule has 0 aliphatic rings. The largest absolute Gasteiger partial charge is 0.487 e. The van der Waals surface area contributed by atoms with Crippen molar-refractivity contribution in [2.75, 3.05) is 17.2 Å². The number of nitrogens with one attached hydrogen (secondary N) is 2. The number of amides is 2. The SMILES string of the molecule is C=C(C)COc1ccccc1NC(=O)Nc1ccccc1. The van der Waals surface area contributed by atoms with Crippen molar-refractivity contribution in [3.8, 4) is 5.75 Å². The van der Waals surface area contributed by atoms with Gasteiger partial charge in [0.25, 0.3) is 0 Å². The van der Waals surface area contributed by atoms with E-state index < -0.39 is 0 Å². The molecule has 0 fully saturated rings. The summed E-state index contributed by atoms with van der Waals surface area (Å²) in [6.45, 7) is 6.09. The highest BCUT2D eigenvalue weighted by atomic mass is 16.5. The van der Waals surface area contributed by atoms with Gasteiger partial charge in [-0.05, 0) is 36.8 Å². The number of ether oxygens (including phenoxy) is 1. The summed E-state index contributed by atoms with van der Waals surface area (Å²) < 4.78 is 5.61. The van der Waals surface area contributed by atoms with Gasteiger partial charge in [0.2, 0.25) is 0 Å². The molecule has 2 amide bonds. The molecule has 0 bridgehead atoms. The molecular formula is C17H18N2O2. The fourth-order valence-corrected chi connectivity index (χ4v) is 1.70. The summed E-state index contributed by atoms with van der Waals surface area (Å²) in [5.74, 6) is 0.615. The number of urea groups is 1. The van der Waals surface area contributed by atoms with Crippen LogP contribution >= 0.6 is 0 Å². The van der Waals surface area contributed by atoms with E-state index in [1.807, 2.05) is 49.4 Å². The molecular weight excluding hydrogens is 264 g/mol. The summed E-state index contributed by atoms with van der Waals surface area (Å²) in [7, 11) is 0. The van der Waals surface area contributed by atoms with E-state index in [2.05, 4.69) is 17.2 Å². The Bertz CT molecular complexity index is 624. The van der Waals surface area contributed by atoms with Crippen LogP contribution in [0.5, 0.6) is 5.75 Å². The van der Waals surface area contributed by atoms with Crippen LogP contribution in [0.3, 0.4) is 0 Å². The van der Waals surface area contributed by atoms with Crippen molar-refractivity contribution in [3.05, 3.63) is 66.7 Å². The van der Waals surface area contributed by atoms with E-state index in [4.69, 9.17) is 4.74 Å². The van der Waals surface area contributed by atoms with Gasteiger partial charge in [-0.15, -0.1) is 0 Å². The van der Waals surface area contributed by atoms with Crippen LogP contribution in [0.1, 0.15) is 6.92 Å². The van der Waals surface area contributed by atoms with E-state index in [0.29, 0.717) is 18.0 Å². The summed E-state index contributed by atoms with van der Waals surface area (Å²) >= 11 is 0. The summed E-state index contributed by atoms with van der Waals surface area (Å²) in [6, 6.07) is 16.2. The molecule has 0 aliphatic carbocycles. The van der Waals surface area contributed by atoms with Gasteiger partial charge in [-0.1, -0.05) is 36.9 Å². The number of benzene rings is 2. The molecule has 2 aromatic rings. The monoisotopic (exact) mass is 282 g/mol. The van der Waals surface area contributed by atoms with Crippen LogP contribution in [-0.2, 0) is 0 Å². The van der Waals surface area contributed by atoms with E-state index in [1.54, 1.807) is 12.1 Å². The summed E-state index contributed by atoms with van der Waals surface area (Å²) in [5.41, 5.74) is 2.26. The lowest BCUT2D eigenvalue weighted by molar-refractivity contribution is 0.262. The molecule has 0 radical (unpaired) electrons. The van der Waals surface area contributed by atoms with Crippen molar-refractivity contribution >= 4 is 17.4 Å². The number of anilines is 2. The number of carbonyl (C=O) groups is 1. The fourth-order valence-electron chi connectivity index (χ4n) is 1.70. The molecule has 4 heteroatoms. The maximum absolute atomic E-state index is 12.0. The van der Waals surface area contributed by atoms with Crippen molar-refractivity contribution in [1.29, 1.82) is 0 Å². The highest BCUT2D eigenvalue weighted by Crippen LogP contribution is 2.24. The third kappa shape index (κ3) is 4.69. The van der Waals surface area contributed by atoms with Crippen LogP contribution < -0.4 is 15.4 Å². The van der Waals surface area contributed by atoms with Crippen LogP contribution in [0.2, 0.25) is 0 Å². The zero-order valence-electron chi connectivity index (χ0n) is 11.9. The quantitative estimate of drug-likeness (QED) is 0.804. The van der Waals surface area contributed by atoms with Gasteiger partial charge in [0.15, 0.2) is 0 Å². The van der Waals surface area contributed by atoms with Crippen molar-refractivity contribution in [2.45, 2.75) is 6.92 Å². The van der Waals surface area contributed by atoms with E-state index in [0.717, 1.165) is 11.3 Å². The molecule has 0 unspecified atom stereocenters. The van der Waals surface area contributed by atoms with E-state index in [9.17, 15) is 4.79 Å². The summed E-state index contributed by atoms with van der Waals surface area (Å²) in [6.07, 6.45) is 0. The molecule has 21 heavy (non-hydrogen) atoms. The number of hydrogen-bond donors (Lipinski definition) is 2. The van der Waals surface area contributed by atoms with Gasteiger partial charge in [0.1, 0.15) is 12.4 Å². The maximum Gasteiger partial charge on any atom is 0.323 e. The fraction of sp³-hybridized carbons (Fsp3) is 0.118. The van der Waals surface area contributed by atoms with E-state index in [1.165, 1.54) is 0 Å². The second kappa shape index (κ2) is 7.14. The van der Waals surface area contributed by atoms with Crippen LogP contribution in [0.15, 0.2) is 66.7 Å². The van der Waals surface area contributed by atoms with Crippen molar-refractivity contribution in [2.24, 2.45) is 0 Å². The van der Waals surface area contributed by atoms with Gasteiger partial charge >= 0.3 is 6.03 Å². The molecule has 0 aromatic heterocycles. The number of carbonyl (C=O) groups excluding carboxylic acids is 1. The minimum absolute atomic E-state index is 0.312. The summed E-state index contributed by atoms with van der Waals surface area (Å²) in [5, 5.41) is 5.54. The summed E-state index contributed by atoms with van der Waals surface area (Å²) in [4.78, 5) is 12.0. The second-order valence-corrected chi connectivity index (χ2v) is 4.69. The number of para-hydroxylation sites is 3. The van der Waals surface area contributed by atoms with Gasteiger partial charge in [0, 0.05) is 5.69 Å². The molecule has 2 rings (SSSR count). The first-order chi connectivity index (χ1) is 10.1. The van der Waals surface area contributed by atoms with Crippen LogP contribution in [0, 0.1) is 0 Å². The lowest BCUT2D eigenvalue weighted by Crippen LogP contribution is -2.19. The smallest absolute Gasteiger partial charge is 0.323 e.